The van der Waals surface area contributed by atoms with Crippen molar-refractivity contribution in [2.24, 2.45) is 5.41 Å². The third-order valence-electron chi connectivity index (χ3n) is 2.91. The van der Waals surface area contributed by atoms with Crippen LogP contribution in [0.15, 0.2) is 18.2 Å². The fraction of sp³-hybridized carbons (Fsp3) is 0.462. The summed E-state index contributed by atoms with van der Waals surface area (Å²) in [6.07, 6.45) is -0.196. The second kappa shape index (κ2) is 5.85. The third kappa shape index (κ3) is 4.18. The number of carboxylic acids is 1. The first-order valence-electron chi connectivity index (χ1n) is 6.03. The Kier molecular flexibility index (Phi) is 4.65. The van der Waals surface area contributed by atoms with Gasteiger partial charge in [0.1, 0.15) is 11.5 Å². The van der Waals surface area contributed by atoms with Crippen molar-refractivity contribution in [1.29, 1.82) is 0 Å². The highest BCUT2D eigenvalue weighted by atomic mass is 19.1. The molecule has 1 atom stereocenters. The van der Waals surface area contributed by atoms with Gasteiger partial charge in [0, 0.05) is 6.04 Å². The molecule has 1 rings (SSSR count). The fourth-order valence-electron chi connectivity index (χ4n) is 1.71. The molecule has 0 bridgehead atoms. The average molecular weight is 284 g/mol. The number of halogens is 1. The first-order valence-corrected chi connectivity index (χ1v) is 6.03. The van der Waals surface area contributed by atoms with Gasteiger partial charge in [-0.3, -0.25) is 14.9 Å². The van der Waals surface area contributed by atoms with Crippen molar-refractivity contribution in [1.82, 2.24) is 0 Å². The molecule has 0 radical (unpaired) electrons. The lowest BCUT2D eigenvalue weighted by molar-refractivity contribution is -0.384. The zero-order valence-electron chi connectivity index (χ0n) is 11.5. The number of carboxylic acid groups (broad SMARTS) is 1. The van der Waals surface area contributed by atoms with Crippen molar-refractivity contribution in [2.75, 3.05) is 5.32 Å². The topological polar surface area (TPSA) is 92.5 Å². The molecule has 110 valence electrons. The molecule has 1 unspecified atom stereocenters. The molecule has 7 heteroatoms. The second-order valence-electron chi connectivity index (χ2n) is 5.58. The molecule has 0 amide bonds. The Morgan fingerprint density at radius 3 is 2.55 bits per heavy atom. The van der Waals surface area contributed by atoms with Gasteiger partial charge in [0.05, 0.1) is 17.4 Å². The van der Waals surface area contributed by atoms with Crippen molar-refractivity contribution in [2.45, 2.75) is 33.2 Å². The monoisotopic (exact) mass is 284 g/mol. The predicted molar refractivity (Wildman–Crippen MR) is 72.2 cm³/mol. The Morgan fingerprint density at radius 1 is 1.50 bits per heavy atom. The molecule has 0 saturated heterocycles. The summed E-state index contributed by atoms with van der Waals surface area (Å²) in [5.41, 5.74) is -0.733. The molecule has 0 aliphatic heterocycles. The highest BCUT2D eigenvalue weighted by Gasteiger charge is 2.29. The predicted octanol–water partition coefficient (Wildman–Crippen LogP) is 3.04. The van der Waals surface area contributed by atoms with Gasteiger partial charge in [0.2, 0.25) is 0 Å². The molecule has 0 spiro atoms. The number of nitro groups is 1. The van der Waals surface area contributed by atoms with Crippen LogP contribution in [0, 0.1) is 21.3 Å². The van der Waals surface area contributed by atoms with Gasteiger partial charge in [-0.05, 0) is 17.5 Å². The number of nitrogens with zero attached hydrogens (tertiary/aromatic N) is 1. The fourth-order valence-corrected chi connectivity index (χ4v) is 1.71. The SMILES string of the molecule is CC(C)(C)C(CC(=O)O)Nc1ccc(F)cc1[N+](=O)[O-]. The maximum atomic E-state index is 13.1. The minimum atomic E-state index is -1.01. The van der Waals surface area contributed by atoms with Crippen LogP contribution < -0.4 is 5.32 Å². The minimum Gasteiger partial charge on any atom is -0.481 e. The number of carbonyl (C=O) groups is 1. The lowest BCUT2D eigenvalue weighted by Crippen LogP contribution is -2.36. The number of hydrogen-bond acceptors (Lipinski definition) is 4. The van der Waals surface area contributed by atoms with Crippen molar-refractivity contribution < 1.29 is 19.2 Å². The van der Waals surface area contributed by atoms with Gasteiger partial charge in [-0.25, -0.2) is 4.39 Å². The van der Waals surface area contributed by atoms with Crippen molar-refractivity contribution in [3.63, 3.8) is 0 Å². The van der Waals surface area contributed by atoms with Crippen LogP contribution in [-0.2, 0) is 4.79 Å². The summed E-state index contributed by atoms with van der Waals surface area (Å²) < 4.78 is 13.1. The van der Waals surface area contributed by atoms with Gasteiger partial charge in [-0.2, -0.15) is 0 Å². The van der Waals surface area contributed by atoms with E-state index in [1.807, 2.05) is 20.8 Å². The number of hydrogen-bond donors (Lipinski definition) is 2. The summed E-state index contributed by atoms with van der Waals surface area (Å²) in [7, 11) is 0. The van der Waals surface area contributed by atoms with Gasteiger partial charge in [-0.15, -0.1) is 0 Å². The van der Waals surface area contributed by atoms with Gasteiger partial charge in [0.15, 0.2) is 0 Å². The lowest BCUT2D eigenvalue weighted by Gasteiger charge is -2.31. The smallest absolute Gasteiger partial charge is 0.305 e. The molecule has 0 aromatic heterocycles. The highest BCUT2D eigenvalue weighted by Crippen LogP contribution is 2.31. The summed E-state index contributed by atoms with van der Waals surface area (Å²) in [5.74, 6) is -1.73. The Hall–Kier alpha value is -2.18. The number of aliphatic carboxylic acids is 1. The highest BCUT2D eigenvalue weighted by molar-refractivity contribution is 5.69. The lowest BCUT2D eigenvalue weighted by atomic mass is 9.84. The standard InChI is InChI=1S/C13H17FN2O4/c1-13(2,3)11(7-12(17)18)15-9-5-4-8(14)6-10(9)16(19)20/h4-6,11,15H,7H2,1-3H3,(H,17,18). The van der Waals surface area contributed by atoms with E-state index in [2.05, 4.69) is 5.32 Å². The molecule has 2 N–H and O–H groups in total. The van der Waals surface area contributed by atoms with E-state index < -0.39 is 33.9 Å². The van der Waals surface area contributed by atoms with Crippen LogP contribution in [0.2, 0.25) is 0 Å². The maximum Gasteiger partial charge on any atom is 0.305 e. The number of nitro benzene ring substituents is 1. The van der Waals surface area contributed by atoms with E-state index in [-0.39, 0.29) is 12.1 Å². The number of nitrogens with one attached hydrogen (secondary N) is 1. The van der Waals surface area contributed by atoms with Crippen LogP contribution in [0.5, 0.6) is 0 Å². The maximum absolute atomic E-state index is 13.1. The second-order valence-corrected chi connectivity index (χ2v) is 5.58. The van der Waals surface area contributed by atoms with Gasteiger partial charge in [-0.1, -0.05) is 20.8 Å². The van der Waals surface area contributed by atoms with E-state index in [1.54, 1.807) is 0 Å². The first kappa shape index (κ1) is 15.9. The number of benzene rings is 1. The molecule has 0 aliphatic carbocycles. The van der Waals surface area contributed by atoms with Crippen LogP contribution in [-0.4, -0.2) is 22.0 Å². The zero-order chi connectivity index (χ0) is 15.5. The van der Waals surface area contributed by atoms with Crippen LogP contribution in [0.25, 0.3) is 0 Å². The molecule has 0 heterocycles. The Labute approximate surface area is 115 Å². The minimum absolute atomic E-state index is 0.109. The van der Waals surface area contributed by atoms with E-state index >= 15 is 0 Å². The summed E-state index contributed by atoms with van der Waals surface area (Å²) in [5, 5.41) is 22.7. The molecular weight excluding hydrogens is 267 g/mol. The molecule has 20 heavy (non-hydrogen) atoms. The van der Waals surface area contributed by atoms with Crippen LogP contribution in [0.1, 0.15) is 27.2 Å². The van der Waals surface area contributed by atoms with Gasteiger partial charge < -0.3 is 10.4 Å². The third-order valence-corrected chi connectivity index (χ3v) is 2.91. The van der Waals surface area contributed by atoms with Crippen LogP contribution >= 0.6 is 0 Å². The Morgan fingerprint density at radius 2 is 2.10 bits per heavy atom. The first-order chi connectivity index (χ1) is 9.11. The largest absolute Gasteiger partial charge is 0.481 e. The Bertz CT molecular complexity index is 526. The molecule has 1 aromatic rings. The van der Waals surface area contributed by atoms with E-state index in [4.69, 9.17) is 5.11 Å². The normalized spacial score (nSPS) is 12.8. The molecule has 0 aliphatic rings. The quantitative estimate of drug-likeness (QED) is 0.640. The molecule has 6 nitrogen and oxygen atoms in total. The van der Waals surface area contributed by atoms with Crippen molar-refractivity contribution >= 4 is 17.3 Å². The summed E-state index contributed by atoms with van der Waals surface area (Å²) in [6.45, 7) is 5.47. The van der Waals surface area contributed by atoms with Crippen molar-refractivity contribution in [3.8, 4) is 0 Å². The Balaban J connectivity index is 3.11. The molecule has 1 aromatic carbocycles. The van der Waals surface area contributed by atoms with Crippen molar-refractivity contribution in [3.05, 3.63) is 34.1 Å². The average Bonchev–Trinajstić information content (AvgIpc) is 2.28. The number of anilines is 1. The van der Waals surface area contributed by atoms with Gasteiger partial charge in [0.25, 0.3) is 5.69 Å². The van der Waals surface area contributed by atoms with E-state index in [0.717, 1.165) is 12.1 Å². The number of rotatable bonds is 5. The summed E-state index contributed by atoms with van der Waals surface area (Å²) in [4.78, 5) is 21.1. The van der Waals surface area contributed by atoms with E-state index in [0.29, 0.717) is 0 Å². The molecular formula is C13H17FN2O4. The van der Waals surface area contributed by atoms with Crippen LogP contribution in [0.3, 0.4) is 0 Å². The summed E-state index contributed by atoms with van der Waals surface area (Å²) in [6, 6.07) is 2.62. The molecule has 0 saturated carbocycles. The van der Waals surface area contributed by atoms with Gasteiger partial charge >= 0.3 is 5.97 Å². The summed E-state index contributed by atoms with van der Waals surface area (Å²) >= 11 is 0. The van der Waals surface area contributed by atoms with E-state index in [9.17, 15) is 19.3 Å². The van der Waals surface area contributed by atoms with E-state index in [1.165, 1.54) is 6.07 Å². The molecule has 0 fully saturated rings. The zero-order valence-corrected chi connectivity index (χ0v) is 11.5. The van der Waals surface area contributed by atoms with Crippen LogP contribution in [0.4, 0.5) is 15.8 Å².